The SMILES string of the molecule is Cc1cccc(C(Cc2ccc(S(C)(=O)=O)cc2)=NN2CCCC2=O)n1. The largest absolute Gasteiger partial charge is 0.273 e. The number of hydrogen-bond donors (Lipinski definition) is 0. The molecule has 7 heteroatoms. The molecule has 3 rings (SSSR count). The highest BCUT2D eigenvalue weighted by atomic mass is 32.2. The minimum absolute atomic E-state index is 0.0163. The van der Waals surface area contributed by atoms with Crippen molar-refractivity contribution < 1.29 is 13.2 Å². The van der Waals surface area contributed by atoms with Gasteiger partial charge >= 0.3 is 0 Å². The first-order valence-corrected chi connectivity index (χ1v) is 10.3. The van der Waals surface area contributed by atoms with Gasteiger partial charge in [0, 0.05) is 31.3 Å². The Morgan fingerprint density at radius 1 is 1.19 bits per heavy atom. The molecule has 1 aliphatic heterocycles. The van der Waals surface area contributed by atoms with Crippen LogP contribution in [0.1, 0.15) is 29.8 Å². The van der Waals surface area contributed by atoms with Crippen molar-refractivity contribution in [3.05, 3.63) is 59.4 Å². The molecule has 0 aliphatic carbocycles. The molecule has 1 fully saturated rings. The van der Waals surface area contributed by atoms with Gasteiger partial charge in [0.15, 0.2) is 9.84 Å². The first-order chi connectivity index (χ1) is 12.3. The summed E-state index contributed by atoms with van der Waals surface area (Å²) in [6.45, 7) is 2.52. The van der Waals surface area contributed by atoms with Crippen molar-refractivity contribution in [1.82, 2.24) is 9.99 Å². The Bertz CT molecular complexity index is 950. The zero-order valence-corrected chi connectivity index (χ0v) is 15.7. The van der Waals surface area contributed by atoms with E-state index >= 15 is 0 Å². The van der Waals surface area contributed by atoms with Crippen LogP contribution in [0.4, 0.5) is 0 Å². The average Bonchev–Trinajstić information content (AvgIpc) is 2.99. The molecule has 0 bridgehead atoms. The number of amides is 1. The number of nitrogens with zero attached hydrogens (tertiary/aromatic N) is 3. The van der Waals surface area contributed by atoms with E-state index in [-0.39, 0.29) is 10.8 Å². The maximum atomic E-state index is 11.9. The fourth-order valence-electron chi connectivity index (χ4n) is 2.81. The standard InChI is InChI=1S/C19H21N3O3S/c1-14-5-3-6-17(20-14)18(21-22-12-4-7-19(22)23)13-15-8-10-16(11-9-15)26(2,24)25/h3,5-6,8-11H,4,7,12-13H2,1-2H3. The van der Waals surface area contributed by atoms with Gasteiger partial charge in [0.05, 0.1) is 16.3 Å². The second-order valence-electron chi connectivity index (χ2n) is 6.42. The summed E-state index contributed by atoms with van der Waals surface area (Å²) in [5.41, 5.74) is 3.19. The summed E-state index contributed by atoms with van der Waals surface area (Å²) in [7, 11) is -3.23. The van der Waals surface area contributed by atoms with E-state index in [2.05, 4.69) is 10.1 Å². The number of benzene rings is 1. The topological polar surface area (TPSA) is 79.7 Å². The van der Waals surface area contributed by atoms with Gasteiger partial charge < -0.3 is 0 Å². The smallest absolute Gasteiger partial charge is 0.242 e. The number of rotatable bonds is 5. The van der Waals surface area contributed by atoms with Gasteiger partial charge in [-0.15, -0.1) is 0 Å². The third-order valence-electron chi connectivity index (χ3n) is 4.20. The lowest BCUT2D eigenvalue weighted by Crippen LogP contribution is -2.22. The molecule has 6 nitrogen and oxygen atoms in total. The van der Waals surface area contributed by atoms with E-state index in [1.165, 1.54) is 11.3 Å². The van der Waals surface area contributed by atoms with E-state index in [0.29, 0.717) is 25.1 Å². The van der Waals surface area contributed by atoms with Crippen LogP contribution in [0.5, 0.6) is 0 Å². The van der Waals surface area contributed by atoms with E-state index in [9.17, 15) is 13.2 Å². The Balaban J connectivity index is 1.93. The van der Waals surface area contributed by atoms with Gasteiger partial charge in [-0.3, -0.25) is 9.78 Å². The molecule has 2 aromatic rings. The van der Waals surface area contributed by atoms with E-state index < -0.39 is 9.84 Å². The Labute approximate surface area is 153 Å². The molecule has 1 saturated heterocycles. The fourth-order valence-corrected chi connectivity index (χ4v) is 3.44. The molecule has 0 atom stereocenters. The predicted octanol–water partition coefficient (Wildman–Crippen LogP) is 2.36. The fraction of sp³-hybridized carbons (Fsp3) is 0.316. The highest BCUT2D eigenvalue weighted by Crippen LogP contribution is 2.16. The van der Waals surface area contributed by atoms with Gasteiger partial charge in [-0.25, -0.2) is 13.4 Å². The molecule has 0 spiro atoms. The maximum Gasteiger partial charge on any atom is 0.242 e. The van der Waals surface area contributed by atoms with Crippen molar-refractivity contribution in [1.29, 1.82) is 0 Å². The molecule has 2 heterocycles. The van der Waals surface area contributed by atoms with Crippen LogP contribution in [0.2, 0.25) is 0 Å². The number of carbonyl (C=O) groups excluding carboxylic acids is 1. The summed E-state index contributed by atoms with van der Waals surface area (Å²) in [4.78, 5) is 16.8. The van der Waals surface area contributed by atoms with E-state index in [0.717, 1.165) is 23.4 Å². The Morgan fingerprint density at radius 2 is 1.92 bits per heavy atom. The summed E-state index contributed by atoms with van der Waals surface area (Å²) in [5.74, 6) is 0.0163. The third kappa shape index (κ3) is 4.35. The van der Waals surface area contributed by atoms with Gasteiger partial charge in [-0.05, 0) is 43.2 Å². The molecule has 1 aliphatic rings. The van der Waals surface area contributed by atoms with E-state index in [1.807, 2.05) is 25.1 Å². The van der Waals surface area contributed by atoms with Crippen LogP contribution < -0.4 is 0 Å². The number of sulfone groups is 1. The van der Waals surface area contributed by atoms with Crippen molar-refractivity contribution >= 4 is 21.5 Å². The normalized spacial score (nSPS) is 15.5. The lowest BCUT2D eigenvalue weighted by atomic mass is 10.1. The number of aryl methyl sites for hydroxylation is 1. The highest BCUT2D eigenvalue weighted by molar-refractivity contribution is 7.90. The van der Waals surface area contributed by atoms with Crippen molar-refractivity contribution in [2.45, 2.75) is 31.1 Å². The van der Waals surface area contributed by atoms with Crippen molar-refractivity contribution in [3.63, 3.8) is 0 Å². The Kier molecular flexibility index (Phi) is 5.18. The first-order valence-electron chi connectivity index (χ1n) is 8.44. The van der Waals surface area contributed by atoms with Crippen LogP contribution in [-0.2, 0) is 21.1 Å². The third-order valence-corrected chi connectivity index (χ3v) is 5.33. The molecule has 0 radical (unpaired) electrons. The molecular weight excluding hydrogens is 350 g/mol. The molecule has 0 saturated carbocycles. The van der Waals surface area contributed by atoms with Gasteiger partial charge in [-0.2, -0.15) is 5.10 Å². The molecule has 1 aromatic heterocycles. The zero-order chi connectivity index (χ0) is 18.7. The van der Waals surface area contributed by atoms with Crippen molar-refractivity contribution in [3.8, 4) is 0 Å². The maximum absolute atomic E-state index is 11.9. The molecule has 26 heavy (non-hydrogen) atoms. The van der Waals surface area contributed by atoms with Crippen molar-refractivity contribution in [2.24, 2.45) is 5.10 Å². The average molecular weight is 371 g/mol. The number of carbonyl (C=O) groups is 1. The second-order valence-corrected chi connectivity index (χ2v) is 8.44. The first kappa shape index (κ1) is 18.3. The highest BCUT2D eigenvalue weighted by Gasteiger charge is 2.21. The lowest BCUT2D eigenvalue weighted by Gasteiger charge is -2.13. The minimum Gasteiger partial charge on any atom is -0.273 e. The monoisotopic (exact) mass is 371 g/mol. The van der Waals surface area contributed by atoms with Gasteiger partial charge in [-0.1, -0.05) is 18.2 Å². The summed E-state index contributed by atoms with van der Waals surface area (Å²) in [6, 6.07) is 12.4. The zero-order valence-electron chi connectivity index (χ0n) is 14.8. The molecule has 1 aromatic carbocycles. The summed E-state index contributed by atoms with van der Waals surface area (Å²) < 4.78 is 23.2. The number of pyridine rings is 1. The molecule has 0 unspecified atom stereocenters. The molecule has 1 amide bonds. The van der Waals surface area contributed by atoms with Gasteiger partial charge in [0.2, 0.25) is 5.91 Å². The number of aromatic nitrogens is 1. The minimum atomic E-state index is -3.23. The second kappa shape index (κ2) is 7.37. The quantitative estimate of drug-likeness (QED) is 0.756. The Hall–Kier alpha value is -2.54. The van der Waals surface area contributed by atoms with Crippen LogP contribution in [0, 0.1) is 6.92 Å². The number of hydrogen-bond acceptors (Lipinski definition) is 5. The van der Waals surface area contributed by atoms with Gasteiger partial charge in [0.25, 0.3) is 0 Å². The molecule has 136 valence electrons. The Morgan fingerprint density at radius 3 is 2.50 bits per heavy atom. The van der Waals surface area contributed by atoms with Crippen LogP contribution in [0.15, 0.2) is 52.5 Å². The van der Waals surface area contributed by atoms with Crippen molar-refractivity contribution in [2.75, 3.05) is 12.8 Å². The summed E-state index contributed by atoms with van der Waals surface area (Å²) >= 11 is 0. The van der Waals surface area contributed by atoms with E-state index in [4.69, 9.17) is 0 Å². The lowest BCUT2D eigenvalue weighted by molar-refractivity contribution is -0.127. The summed E-state index contributed by atoms with van der Waals surface area (Å²) in [5, 5.41) is 6.06. The van der Waals surface area contributed by atoms with Crippen LogP contribution in [0.25, 0.3) is 0 Å². The number of hydrazone groups is 1. The van der Waals surface area contributed by atoms with Crippen LogP contribution in [-0.4, -0.2) is 42.8 Å². The summed E-state index contributed by atoms with van der Waals surface area (Å²) in [6.07, 6.45) is 2.97. The molecule has 0 N–H and O–H groups in total. The predicted molar refractivity (Wildman–Crippen MR) is 99.7 cm³/mol. The molecular formula is C19H21N3O3S. The van der Waals surface area contributed by atoms with E-state index in [1.54, 1.807) is 24.3 Å². The van der Waals surface area contributed by atoms with Crippen LogP contribution >= 0.6 is 0 Å². The van der Waals surface area contributed by atoms with Crippen LogP contribution in [0.3, 0.4) is 0 Å². The van der Waals surface area contributed by atoms with Gasteiger partial charge in [0.1, 0.15) is 0 Å².